The third-order valence-corrected chi connectivity index (χ3v) is 3.31. The highest BCUT2D eigenvalue weighted by atomic mass is 35.5. The number of nitriles is 1. The van der Waals surface area contributed by atoms with Gasteiger partial charge in [-0.15, -0.1) is 11.6 Å². The Morgan fingerprint density at radius 2 is 2.05 bits per heavy atom. The minimum absolute atomic E-state index is 0.312. The van der Waals surface area contributed by atoms with E-state index in [-0.39, 0.29) is 0 Å². The van der Waals surface area contributed by atoms with Crippen LogP contribution in [-0.4, -0.2) is 0 Å². The third-order valence-electron chi connectivity index (χ3n) is 2.72. The molecule has 2 aromatic carbocycles. The monoisotopic (exact) mass is 291 g/mol. The lowest BCUT2D eigenvalue weighted by molar-refractivity contribution is 0.475. The lowest BCUT2D eigenvalue weighted by Gasteiger charge is -2.13. The molecule has 19 heavy (non-hydrogen) atoms. The first-order valence-corrected chi connectivity index (χ1v) is 6.59. The van der Waals surface area contributed by atoms with Crippen LogP contribution >= 0.6 is 23.2 Å². The maximum atomic E-state index is 8.92. The van der Waals surface area contributed by atoms with E-state index in [2.05, 4.69) is 6.07 Å². The van der Waals surface area contributed by atoms with Gasteiger partial charge in [0.2, 0.25) is 0 Å². The van der Waals surface area contributed by atoms with Crippen LogP contribution in [0.1, 0.15) is 16.7 Å². The van der Waals surface area contributed by atoms with Crippen LogP contribution in [0, 0.1) is 18.3 Å². The summed E-state index contributed by atoms with van der Waals surface area (Å²) in [6, 6.07) is 12.8. The molecule has 0 aliphatic rings. The zero-order valence-electron chi connectivity index (χ0n) is 10.3. The van der Waals surface area contributed by atoms with Crippen LogP contribution in [0.2, 0.25) is 5.02 Å². The molecule has 2 rings (SSSR count). The summed E-state index contributed by atoms with van der Waals surface area (Å²) in [5.74, 6) is 1.46. The Balaban J connectivity index is 2.44. The smallest absolute Gasteiger partial charge is 0.150 e. The normalized spacial score (nSPS) is 10.0. The Kier molecular flexibility index (Phi) is 4.31. The summed E-state index contributed by atoms with van der Waals surface area (Å²) in [5, 5.41) is 9.42. The van der Waals surface area contributed by atoms with Crippen molar-refractivity contribution < 1.29 is 4.74 Å². The highest BCUT2D eigenvalue weighted by Gasteiger charge is 2.11. The second-order valence-electron chi connectivity index (χ2n) is 4.06. The van der Waals surface area contributed by atoms with E-state index in [1.807, 2.05) is 25.1 Å². The molecule has 0 fully saturated rings. The third kappa shape index (κ3) is 3.01. The fourth-order valence-electron chi connectivity index (χ4n) is 1.66. The number of benzene rings is 2. The Morgan fingerprint density at radius 3 is 2.74 bits per heavy atom. The Hall–Kier alpha value is -1.69. The van der Waals surface area contributed by atoms with Crippen LogP contribution in [0.3, 0.4) is 0 Å². The topological polar surface area (TPSA) is 33.0 Å². The van der Waals surface area contributed by atoms with Gasteiger partial charge in [0.25, 0.3) is 0 Å². The SMILES string of the molecule is Cc1ccc(C#N)cc1Oc1c(Cl)cccc1CCl. The summed E-state index contributed by atoms with van der Waals surface area (Å²) in [6.07, 6.45) is 0. The van der Waals surface area contributed by atoms with Gasteiger partial charge >= 0.3 is 0 Å². The van der Waals surface area contributed by atoms with Crippen LogP contribution in [-0.2, 0) is 5.88 Å². The second kappa shape index (κ2) is 5.97. The molecule has 2 aromatic rings. The lowest BCUT2D eigenvalue weighted by atomic mass is 10.1. The molecule has 0 amide bonds. The summed E-state index contributed by atoms with van der Waals surface area (Å²) < 4.78 is 5.84. The van der Waals surface area contributed by atoms with E-state index in [9.17, 15) is 0 Å². The van der Waals surface area contributed by atoms with E-state index in [4.69, 9.17) is 33.2 Å². The standard InChI is InChI=1S/C15H11Cl2NO/c1-10-5-6-11(9-18)7-14(10)19-15-12(8-16)3-2-4-13(15)17/h2-7H,8H2,1H3. The maximum absolute atomic E-state index is 8.92. The molecule has 96 valence electrons. The number of hydrogen-bond donors (Lipinski definition) is 0. The van der Waals surface area contributed by atoms with Crippen LogP contribution in [0.5, 0.6) is 11.5 Å². The van der Waals surface area contributed by atoms with Crippen molar-refractivity contribution >= 4 is 23.2 Å². The van der Waals surface area contributed by atoms with Gasteiger partial charge in [0.1, 0.15) is 11.5 Å². The number of para-hydroxylation sites is 1. The molecule has 0 N–H and O–H groups in total. The van der Waals surface area contributed by atoms with Crippen LogP contribution < -0.4 is 4.74 Å². The summed E-state index contributed by atoms with van der Waals surface area (Å²) in [7, 11) is 0. The quantitative estimate of drug-likeness (QED) is 0.741. The molecule has 2 nitrogen and oxygen atoms in total. The van der Waals surface area contributed by atoms with Crippen LogP contribution in [0.4, 0.5) is 0 Å². The molecule has 0 aromatic heterocycles. The average Bonchev–Trinajstić information content (AvgIpc) is 2.43. The molecule has 0 aliphatic heterocycles. The van der Waals surface area contributed by atoms with E-state index in [0.29, 0.717) is 28.0 Å². The molecule has 0 atom stereocenters. The Bertz CT molecular complexity index is 647. The average molecular weight is 292 g/mol. The first-order valence-electron chi connectivity index (χ1n) is 5.67. The van der Waals surface area contributed by atoms with Gasteiger partial charge in [0, 0.05) is 5.56 Å². The summed E-state index contributed by atoms with van der Waals surface area (Å²) in [6.45, 7) is 1.91. The number of ether oxygens (including phenoxy) is 1. The molecule has 0 radical (unpaired) electrons. The van der Waals surface area contributed by atoms with E-state index < -0.39 is 0 Å². The molecule has 0 saturated heterocycles. The molecule has 0 heterocycles. The number of rotatable bonds is 3. The predicted octanol–water partition coefficient (Wildman–Crippen LogP) is 5.05. The van der Waals surface area contributed by atoms with Crippen LogP contribution in [0.15, 0.2) is 36.4 Å². The number of alkyl halides is 1. The first kappa shape index (κ1) is 13.7. The van der Waals surface area contributed by atoms with Crippen molar-refractivity contribution in [1.82, 2.24) is 0 Å². The molecule has 0 saturated carbocycles. The van der Waals surface area contributed by atoms with Gasteiger partial charge in [-0.25, -0.2) is 0 Å². The minimum atomic E-state index is 0.312. The molecule has 0 aliphatic carbocycles. The zero-order valence-corrected chi connectivity index (χ0v) is 11.8. The lowest BCUT2D eigenvalue weighted by Crippen LogP contribution is -1.93. The van der Waals surface area contributed by atoms with Crippen molar-refractivity contribution in [2.75, 3.05) is 0 Å². The van der Waals surface area contributed by atoms with Crippen molar-refractivity contribution in [1.29, 1.82) is 5.26 Å². The molecule has 0 unspecified atom stereocenters. The second-order valence-corrected chi connectivity index (χ2v) is 4.73. The van der Waals surface area contributed by atoms with Gasteiger partial charge in [-0.2, -0.15) is 5.26 Å². The van der Waals surface area contributed by atoms with Gasteiger partial charge in [-0.3, -0.25) is 0 Å². The Morgan fingerprint density at radius 1 is 1.26 bits per heavy atom. The molecule has 0 spiro atoms. The molecular formula is C15H11Cl2NO. The zero-order chi connectivity index (χ0) is 13.8. The van der Waals surface area contributed by atoms with E-state index in [1.165, 1.54) is 0 Å². The van der Waals surface area contributed by atoms with Crippen LogP contribution in [0.25, 0.3) is 0 Å². The molecule has 0 bridgehead atoms. The highest BCUT2D eigenvalue weighted by molar-refractivity contribution is 6.32. The largest absolute Gasteiger partial charge is 0.455 e. The predicted molar refractivity (Wildman–Crippen MR) is 77.0 cm³/mol. The fourth-order valence-corrected chi connectivity index (χ4v) is 2.11. The van der Waals surface area contributed by atoms with Crippen molar-refractivity contribution in [2.24, 2.45) is 0 Å². The number of nitrogens with zero attached hydrogens (tertiary/aromatic N) is 1. The van der Waals surface area contributed by atoms with Gasteiger partial charge in [0.05, 0.1) is 22.5 Å². The van der Waals surface area contributed by atoms with Crippen molar-refractivity contribution in [2.45, 2.75) is 12.8 Å². The van der Waals surface area contributed by atoms with Gasteiger partial charge in [0.15, 0.2) is 0 Å². The summed E-state index contributed by atoms with van der Waals surface area (Å²) in [5.41, 5.74) is 2.29. The van der Waals surface area contributed by atoms with E-state index >= 15 is 0 Å². The molecule has 4 heteroatoms. The minimum Gasteiger partial charge on any atom is -0.455 e. The van der Waals surface area contributed by atoms with Crippen molar-refractivity contribution in [3.8, 4) is 17.6 Å². The van der Waals surface area contributed by atoms with Gasteiger partial charge < -0.3 is 4.74 Å². The van der Waals surface area contributed by atoms with E-state index in [0.717, 1.165) is 11.1 Å². The first-order chi connectivity index (χ1) is 9.15. The van der Waals surface area contributed by atoms with Crippen molar-refractivity contribution in [3.05, 3.63) is 58.1 Å². The maximum Gasteiger partial charge on any atom is 0.150 e. The molecular weight excluding hydrogens is 281 g/mol. The Labute approximate surface area is 122 Å². The van der Waals surface area contributed by atoms with Gasteiger partial charge in [-0.1, -0.05) is 29.8 Å². The van der Waals surface area contributed by atoms with Gasteiger partial charge in [-0.05, 0) is 30.7 Å². The number of halogens is 2. The van der Waals surface area contributed by atoms with Crippen molar-refractivity contribution in [3.63, 3.8) is 0 Å². The summed E-state index contributed by atoms with van der Waals surface area (Å²) >= 11 is 12.0. The fraction of sp³-hybridized carbons (Fsp3) is 0.133. The van der Waals surface area contributed by atoms with E-state index in [1.54, 1.807) is 18.2 Å². The summed E-state index contributed by atoms with van der Waals surface area (Å²) in [4.78, 5) is 0. The number of aryl methyl sites for hydroxylation is 1. The highest BCUT2D eigenvalue weighted by Crippen LogP contribution is 2.35. The number of hydrogen-bond acceptors (Lipinski definition) is 2.